The Bertz CT molecular complexity index is 1030. The Morgan fingerprint density at radius 3 is 2.52 bits per heavy atom. The van der Waals surface area contributed by atoms with Crippen molar-refractivity contribution in [3.63, 3.8) is 0 Å². The fourth-order valence-corrected chi connectivity index (χ4v) is 3.91. The van der Waals surface area contributed by atoms with Crippen molar-refractivity contribution in [3.05, 3.63) is 76.5 Å². The van der Waals surface area contributed by atoms with Gasteiger partial charge < -0.3 is 11.1 Å². The third-order valence-electron chi connectivity index (χ3n) is 5.56. The van der Waals surface area contributed by atoms with E-state index < -0.39 is 11.9 Å². The highest BCUT2D eigenvalue weighted by Gasteiger charge is 2.32. The Labute approximate surface area is 196 Å². The first-order valence-electron chi connectivity index (χ1n) is 10.7. The summed E-state index contributed by atoms with van der Waals surface area (Å²) in [5, 5.41) is 3.23. The van der Waals surface area contributed by atoms with Crippen molar-refractivity contribution in [2.24, 2.45) is 10.7 Å². The molecule has 1 aliphatic rings. The summed E-state index contributed by atoms with van der Waals surface area (Å²) in [7, 11) is 0. The molecule has 0 spiro atoms. The van der Waals surface area contributed by atoms with Crippen LogP contribution in [0.25, 0.3) is 0 Å². The zero-order valence-electron chi connectivity index (χ0n) is 18.2. The molecule has 2 aromatic carbocycles. The van der Waals surface area contributed by atoms with Gasteiger partial charge in [-0.15, -0.1) is 0 Å². The number of hydrogen-bond donors (Lipinski definition) is 2. The Kier molecular flexibility index (Phi) is 8.15. The van der Waals surface area contributed by atoms with E-state index >= 15 is 0 Å². The van der Waals surface area contributed by atoms with Gasteiger partial charge in [-0.05, 0) is 56.3 Å². The van der Waals surface area contributed by atoms with Crippen LogP contribution < -0.4 is 11.1 Å². The van der Waals surface area contributed by atoms with Gasteiger partial charge in [0.15, 0.2) is 0 Å². The number of nitrogens with zero attached hydrogens (tertiary/aromatic N) is 2. The highest BCUT2D eigenvalue weighted by Crippen LogP contribution is 2.27. The average molecular weight is 479 g/mol. The van der Waals surface area contributed by atoms with E-state index in [1.165, 1.54) is 0 Å². The Balaban J connectivity index is 1.82. The second kappa shape index (κ2) is 10.9. The predicted octanol–water partition coefficient (Wildman–Crippen LogP) is 5.08. The fraction of sp³-hybridized carbons (Fsp3) is 0.333. The summed E-state index contributed by atoms with van der Waals surface area (Å²) < 4.78 is 39.1. The molecular formula is C24H26ClF3N4O. The normalized spacial score (nSPS) is 17.9. The number of allylic oxidation sites excluding steroid dienone is 2. The number of nitrogens with two attached hydrogens (primary N) is 1. The second-order valence-corrected chi connectivity index (χ2v) is 8.17. The molecule has 1 heterocycles. The quantitative estimate of drug-likeness (QED) is 0.545. The van der Waals surface area contributed by atoms with E-state index in [0.717, 1.165) is 32.0 Å². The van der Waals surface area contributed by atoms with Crippen LogP contribution in [0.15, 0.2) is 65.3 Å². The molecule has 33 heavy (non-hydrogen) atoms. The fourth-order valence-electron chi connectivity index (χ4n) is 3.73. The number of rotatable bonds is 7. The number of halogens is 4. The zero-order chi connectivity index (χ0) is 24.0. The molecule has 1 unspecified atom stereocenters. The third-order valence-corrected chi connectivity index (χ3v) is 5.88. The van der Waals surface area contributed by atoms with Gasteiger partial charge in [-0.2, -0.15) is 13.2 Å². The van der Waals surface area contributed by atoms with Gasteiger partial charge in [0.2, 0.25) is 0 Å². The number of alkyl halides is 3. The molecule has 2 aromatic rings. The van der Waals surface area contributed by atoms with Crippen LogP contribution in [0.5, 0.6) is 0 Å². The number of carbonyl (C=O) groups excluding carboxylic acids is 1. The molecule has 5 nitrogen and oxygen atoms in total. The molecule has 1 aliphatic heterocycles. The monoisotopic (exact) mass is 478 g/mol. The minimum Gasteiger partial charge on any atom is -0.395 e. The molecule has 176 valence electrons. The van der Waals surface area contributed by atoms with Crippen molar-refractivity contribution in [2.45, 2.75) is 32.0 Å². The maximum Gasteiger partial charge on any atom is 0.430 e. The molecule has 0 radical (unpaired) electrons. The molecule has 3 N–H and O–H groups in total. The first-order chi connectivity index (χ1) is 15.7. The van der Waals surface area contributed by atoms with Gasteiger partial charge in [0.1, 0.15) is 5.70 Å². The van der Waals surface area contributed by atoms with Crippen LogP contribution in [0, 0.1) is 0 Å². The lowest BCUT2D eigenvalue weighted by Crippen LogP contribution is -2.40. The van der Waals surface area contributed by atoms with Crippen LogP contribution in [0.2, 0.25) is 5.02 Å². The number of likely N-dealkylation sites (tertiary alicyclic amines) is 1. The van der Waals surface area contributed by atoms with Crippen molar-refractivity contribution in [1.29, 1.82) is 0 Å². The van der Waals surface area contributed by atoms with Crippen molar-refractivity contribution in [3.8, 4) is 0 Å². The Morgan fingerprint density at radius 2 is 1.88 bits per heavy atom. The summed E-state index contributed by atoms with van der Waals surface area (Å²) in [6.07, 6.45) is -1.78. The largest absolute Gasteiger partial charge is 0.430 e. The lowest BCUT2D eigenvalue weighted by Gasteiger charge is -2.22. The van der Waals surface area contributed by atoms with Gasteiger partial charge in [0.05, 0.1) is 16.4 Å². The molecule has 0 aromatic heterocycles. The van der Waals surface area contributed by atoms with E-state index in [-0.39, 0.29) is 16.6 Å². The Hall–Kier alpha value is -2.84. The summed E-state index contributed by atoms with van der Waals surface area (Å²) in [5.74, 6) is -0.237. The number of para-hydroxylation sites is 1. The number of nitrogens with one attached hydrogen (secondary N) is 1. The molecule has 0 aliphatic carbocycles. The average Bonchev–Trinajstić information content (AvgIpc) is 3.25. The minimum atomic E-state index is -4.70. The van der Waals surface area contributed by atoms with Gasteiger partial charge in [0.25, 0.3) is 5.91 Å². The van der Waals surface area contributed by atoms with Gasteiger partial charge in [-0.1, -0.05) is 42.8 Å². The number of benzene rings is 2. The summed E-state index contributed by atoms with van der Waals surface area (Å²) >= 11 is 6.12. The predicted molar refractivity (Wildman–Crippen MR) is 125 cm³/mol. The molecule has 0 bridgehead atoms. The maximum absolute atomic E-state index is 13.0. The van der Waals surface area contributed by atoms with Crippen molar-refractivity contribution in [1.82, 2.24) is 10.2 Å². The molecular weight excluding hydrogens is 453 g/mol. The van der Waals surface area contributed by atoms with E-state index in [9.17, 15) is 18.0 Å². The van der Waals surface area contributed by atoms with Crippen LogP contribution in [-0.4, -0.2) is 48.4 Å². The minimum absolute atomic E-state index is 0.0190. The molecule has 0 saturated carbocycles. The van der Waals surface area contributed by atoms with E-state index in [1.807, 2.05) is 0 Å². The summed E-state index contributed by atoms with van der Waals surface area (Å²) in [5.41, 5.74) is 5.01. The van der Waals surface area contributed by atoms with Crippen LogP contribution in [0.4, 0.5) is 18.9 Å². The van der Waals surface area contributed by atoms with E-state index in [1.54, 1.807) is 48.5 Å². The summed E-state index contributed by atoms with van der Waals surface area (Å²) in [6, 6.07) is 13.1. The van der Waals surface area contributed by atoms with Crippen LogP contribution >= 0.6 is 11.6 Å². The van der Waals surface area contributed by atoms with Crippen molar-refractivity contribution >= 4 is 28.9 Å². The number of likely N-dealkylation sites (N-methyl/N-ethyl adjacent to an activating group) is 1. The smallest absolute Gasteiger partial charge is 0.395 e. The molecule has 1 fully saturated rings. The SMILES string of the molecule is CCN1CCCC1CNC(=O)c1ccc(C(C=C(N)C(F)(F)F)=Nc2ccccc2Cl)cc1. The van der Waals surface area contributed by atoms with Crippen molar-refractivity contribution < 1.29 is 18.0 Å². The van der Waals surface area contributed by atoms with Crippen LogP contribution in [0.1, 0.15) is 35.7 Å². The number of amides is 1. The van der Waals surface area contributed by atoms with Gasteiger partial charge in [-0.3, -0.25) is 9.69 Å². The number of hydrogen-bond acceptors (Lipinski definition) is 4. The lowest BCUT2D eigenvalue weighted by molar-refractivity contribution is -0.0925. The standard InChI is InChI=1S/C24H26ClF3N4O/c1-2-32-13-5-6-18(32)15-30-23(33)17-11-9-16(10-12-17)21(14-22(29)24(26,27)28)31-20-8-4-3-7-19(20)25/h3-4,7-12,14,18H,2,5-6,13,15,29H2,1H3,(H,30,33). The first kappa shape index (κ1) is 24.8. The topological polar surface area (TPSA) is 70.7 Å². The molecule has 3 rings (SSSR count). The molecule has 1 saturated heterocycles. The lowest BCUT2D eigenvalue weighted by atomic mass is 10.1. The van der Waals surface area contributed by atoms with E-state index in [0.29, 0.717) is 29.4 Å². The number of carbonyl (C=O) groups is 1. The molecule has 1 atom stereocenters. The van der Waals surface area contributed by atoms with Gasteiger partial charge in [-0.25, -0.2) is 4.99 Å². The molecule has 9 heteroatoms. The van der Waals surface area contributed by atoms with Gasteiger partial charge >= 0.3 is 6.18 Å². The van der Waals surface area contributed by atoms with Gasteiger partial charge in [0, 0.05) is 23.7 Å². The van der Waals surface area contributed by atoms with Crippen LogP contribution in [-0.2, 0) is 0 Å². The zero-order valence-corrected chi connectivity index (χ0v) is 19.0. The maximum atomic E-state index is 13.0. The van der Waals surface area contributed by atoms with E-state index in [2.05, 4.69) is 22.1 Å². The second-order valence-electron chi connectivity index (χ2n) is 7.76. The summed E-state index contributed by atoms with van der Waals surface area (Å²) in [6.45, 7) is 4.63. The van der Waals surface area contributed by atoms with Crippen molar-refractivity contribution in [2.75, 3.05) is 19.6 Å². The third kappa shape index (κ3) is 6.58. The van der Waals surface area contributed by atoms with Crippen LogP contribution in [0.3, 0.4) is 0 Å². The first-order valence-corrected chi connectivity index (χ1v) is 11.1. The number of aliphatic imine (C=N–C) groups is 1. The Morgan fingerprint density at radius 1 is 1.21 bits per heavy atom. The molecule has 1 amide bonds. The highest BCUT2D eigenvalue weighted by atomic mass is 35.5. The van der Waals surface area contributed by atoms with E-state index in [4.69, 9.17) is 17.3 Å². The highest BCUT2D eigenvalue weighted by molar-refractivity contribution is 6.33. The summed E-state index contributed by atoms with van der Waals surface area (Å²) in [4.78, 5) is 19.2.